The van der Waals surface area contributed by atoms with Crippen molar-refractivity contribution in [3.63, 3.8) is 0 Å². The molecule has 2 amide bonds. The molecule has 0 unspecified atom stereocenters. The summed E-state index contributed by atoms with van der Waals surface area (Å²) in [6.45, 7) is 11.4. The molecule has 1 aliphatic rings. The predicted molar refractivity (Wildman–Crippen MR) is 149 cm³/mol. The SMILES string of the molecule is C=CC(=O)Nc1cccc(Oc2nc(Nc3ccc(N4CCN(C)CC4)c(C)c3)c(C(N)=O)nc2CC)c1. The Balaban J connectivity index is 1.62. The number of anilines is 4. The Kier molecular flexibility index (Phi) is 8.22. The molecular weight excluding hydrogens is 482 g/mol. The summed E-state index contributed by atoms with van der Waals surface area (Å²) in [7, 11) is 2.13. The standard InChI is InChI=1S/C28H33N7O3/c1-5-22-28(38-21-9-7-8-19(17-21)30-24(36)6-2)33-27(25(32-22)26(29)37)31-20-10-11-23(18(3)16-20)35-14-12-34(4)13-15-35/h6-11,16-17H,2,5,12-15H2,1,3-4H3,(H2,29,37)(H,30,36)(H,31,33). The molecule has 0 radical (unpaired) electrons. The van der Waals surface area contributed by atoms with E-state index in [1.807, 2.05) is 19.1 Å². The number of nitrogens with one attached hydrogen (secondary N) is 2. The lowest BCUT2D eigenvalue weighted by Crippen LogP contribution is -2.44. The zero-order valence-corrected chi connectivity index (χ0v) is 22.0. The fourth-order valence-electron chi connectivity index (χ4n) is 4.24. The number of amides is 2. The lowest BCUT2D eigenvalue weighted by molar-refractivity contribution is -0.111. The first-order valence-electron chi connectivity index (χ1n) is 12.5. The smallest absolute Gasteiger partial charge is 0.271 e. The van der Waals surface area contributed by atoms with Gasteiger partial charge in [0.25, 0.3) is 5.91 Å². The number of ether oxygens (including phenoxy) is 1. The maximum absolute atomic E-state index is 12.3. The number of piperazine rings is 1. The van der Waals surface area contributed by atoms with Crippen LogP contribution in [-0.4, -0.2) is 59.9 Å². The van der Waals surface area contributed by atoms with Crippen LogP contribution in [0.2, 0.25) is 0 Å². The van der Waals surface area contributed by atoms with Crippen molar-refractivity contribution in [3.8, 4) is 11.6 Å². The van der Waals surface area contributed by atoms with Crippen molar-refractivity contribution in [3.05, 3.63) is 72.1 Å². The van der Waals surface area contributed by atoms with Gasteiger partial charge in [0.1, 0.15) is 11.4 Å². The van der Waals surface area contributed by atoms with Crippen molar-refractivity contribution in [2.75, 3.05) is 48.8 Å². The summed E-state index contributed by atoms with van der Waals surface area (Å²) in [5, 5.41) is 5.90. The maximum atomic E-state index is 12.3. The monoisotopic (exact) mass is 515 g/mol. The number of aromatic nitrogens is 2. The number of aryl methyl sites for hydroxylation is 2. The van der Waals surface area contributed by atoms with Gasteiger partial charge < -0.3 is 30.9 Å². The van der Waals surface area contributed by atoms with E-state index in [1.54, 1.807) is 24.3 Å². The molecule has 4 rings (SSSR count). The summed E-state index contributed by atoms with van der Waals surface area (Å²) in [6.07, 6.45) is 1.66. The molecule has 0 aliphatic carbocycles. The van der Waals surface area contributed by atoms with Gasteiger partial charge in [0, 0.05) is 49.3 Å². The van der Waals surface area contributed by atoms with Crippen molar-refractivity contribution < 1.29 is 14.3 Å². The number of benzene rings is 2. The van der Waals surface area contributed by atoms with E-state index in [0.717, 1.165) is 37.4 Å². The van der Waals surface area contributed by atoms with E-state index in [0.29, 0.717) is 23.6 Å². The highest BCUT2D eigenvalue weighted by Crippen LogP contribution is 2.31. The van der Waals surface area contributed by atoms with Crippen molar-refractivity contribution >= 4 is 34.7 Å². The second-order valence-corrected chi connectivity index (χ2v) is 9.13. The van der Waals surface area contributed by atoms with E-state index in [4.69, 9.17) is 10.5 Å². The summed E-state index contributed by atoms with van der Waals surface area (Å²) in [6, 6.07) is 12.9. The lowest BCUT2D eigenvalue weighted by Gasteiger charge is -2.35. The number of primary amides is 1. The number of nitrogens with zero attached hydrogens (tertiary/aromatic N) is 4. The molecule has 1 fully saturated rings. The van der Waals surface area contributed by atoms with Crippen LogP contribution >= 0.6 is 0 Å². The Bertz CT molecular complexity index is 1350. The number of carbonyl (C=O) groups is 2. The average Bonchev–Trinajstić information content (AvgIpc) is 2.89. The van der Waals surface area contributed by atoms with Crippen molar-refractivity contribution in [2.24, 2.45) is 5.73 Å². The average molecular weight is 516 g/mol. The quantitative estimate of drug-likeness (QED) is 0.367. The Morgan fingerprint density at radius 3 is 2.53 bits per heavy atom. The molecular formula is C28H33N7O3. The molecule has 10 nitrogen and oxygen atoms in total. The Labute approximate surface area is 222 Å². The molecule has 0 spiro atoms. The minimum atomic E-state index is -0.693. The number of nitrogens with two attached hydrogens (primary N) is 1. The highest BCUT2D eigenvalue weighted by atomic mass is 16.5. The van der Waals surface area contributed by atoms with E-state index < -0.39 is 5.91 Å². The first kappa shape index (κ1) is 26.6. The molecule has 2 heterocycles. The molecule has 38 heavy (non-hydrogen) atoms. The Hall–Kier alpha value is -4.44. The lowest BCUT2D eigenvalue weighted by atomic mass is 10.1. The van der Waals surface area contributed by atoms with Gasteiger partial charge in [0.15, 0.2) is 11.5 Å². The zero-order valence-electron chi connectivity index (χ0n) is 22.0. The normalized spacial score (nSPS) is 13.6. The predicted octanol–water partition coefficient (Wildman–Crippen LogP) is 3.86. The van der Waals surface area contributed by atoms with Crippen LogP contribution in [0.25, 0.3) is 0 Å². The third-order valence-corrected chi connectivity index (χ3v) is 6.30. The second kappa shape index (κ2) is 11.7. The summed E-state index contributed by atoms with van der Waals surface area (Å²) >= 11 is 0. The third-order valence-electron chi connectivity index (χ3n) is 6.30. The van der Waals surface area contributed by atoms with Gasteiger partial charge in [-0.05, 0) is 62.4 Å². The molecule has 3 aromatic rings. The molecule has 0 bridgehead atoms. The van der Waals surface area contributed by atoms with Crippen LogP contribution in [-0.2, 0) is 11.2 Å². The number of likely N-dealkylation sites (N-methyl/N-ethyl adjacent to an activating group) is 1. The molecule has 2 aromatic carbocycles. The van der Waals surface area contributed by atoms with Gasteiger partial charge in [0.05, 0.1) is 0 Å². The maximum Gasteiger partial charge on any atom is 0.271 e. The van der Waals surface area contributed by atoms with E-state index >= 15 is 0 Å². The Morgan fingerprint density at radius 1 is 1.11 bits per heavy atom. The first-order valence-corrected chi connectivity index (χ1v) is 12.5. The molecule has 10 heteroatoms. The second-order valence-electron chi connectivity index (χ2n) is 9.13. The van der Waals surface area contributed by atoms with Crippen LogP contribution in [0.1, 0.15) is 28.7 Å². The summed E-state index contributed by atoms with van der Waals surface area (Å²) in [5.41, 5.74) is 9.74. The molecule has 0 atom stereocenters. The number of rotatable bonds is 9. The largest absolute Gasteiger partial charge is 0.437 e. The van der Waals surface area contributed by atoms with Crippen molar-refractivity contribution in [1.82, 2.24) is 14.9 Å². The van der Waals surface area contributed by atoms with Gasteiger partial charge in [-0.2, -0.15) is 4.98 Å². The molecule has 0 saturated carbocycles. The van der Waals surface area contributed by atoms with Gasteiger partial charge in [-0.1, -0.05) is 19.6 Å². The van der Waals surface area contributed by atoms with E-state index in [9.17, 15) is 9.59 Å². The topological polar surface area (TPSA) is 126 Å². The first-order chi connectivity index (χ1) is 18.3. The van der Waals surface area contributed by atoms with Crippen LogP contribution in [0.4, 0.5) is 22.9 Å². The molecule has 198 valence electrons. The van der Waals surface area contributed by atoms with Gasteiger partial charge >= 0.3 is 0 Å². The fraction of sp³-hybridized carbons (Fsp3) is 0.286. The molecule has 1 aromatic heterocycles. The Morgan fingerprint density at radius 2 is 1.87 bits per heavy atom. The van der Waals surface area contributed by atoms with Crippen LogP contribution in [0.15, 0.2) is 55.1 Å². The highest BCUT2D eigenvalue weighted by molar-refractivity contribution is 5.99. The van der Waals surface area contributed by atoms with E-state index in [-0.39, 0.29) is 23.3 Å². The zero-order chi connectivity index (χ0) is 27.2. The van der Waals surface area contributed by atoms with Crippen molar-refractivity contribution in [1.29, 1.82) is 0 Å². The highest BCUT2D eigenvalue weighted by Gasteiger charge is 2.20. The summed E-state index contributed by atoms with van der Waals surface area (Å²) < 4.78 is 6.05. The van der Waals surface area contributed by atoms with Crippen LogP contribution in [0.3, 0.4) is 0 Å². The van der Waals surface area contributed by atoms with Crippen LogP contribution < -0.4 is 26.0 Å². The minimum Gasteiger partial charge on any atom is -0.437 e. The van der Waals surface area contributed by atoms with Gasteiger partial charge in [-0.25, -0.2) is 4.98 Å². The molecule has 1 saturated heterocycles. The van der Waals surface area contributed by atoms with Gasteiger partial charge in [0.2, 0.25) is 11.8 Å². The third kappa shape index (κ3) is 6.27. The molecule has 1 aliphatic heterocycles. The minimum absolute atomic E-state index is 0.0296. The van der Waals surface area contributed by atoms with Gasteiger partial charge in [-0.15, -0.1) is 0 Å². The number of hydrogen-bond acceptors (Lipinski definition) is 8. The number of hydrogen-bond donors (Lipinski definition) is 3. The van der Waals surface area contributed by atoms with E-state index in [1.165, 1.54) is 11.8 Å². The summed E-state index contributed by atoms with van der Waals surface area (Å²) in [4.78, 5) is 37.7. The number of carbonyl (C=O) groups excluding carboxylic acids is 2. The van der Waals surface area contributed by atoms with Crippen molar-refractivity contribution in [2.45, 2.75) is 20.3 Å². The van der Waals surface area contributed by atoms with Crippen LogP contribution in [0.5, 0.6) is 11.6 Å². The van der Waals surface area contributed by atoms with E-state index in [2.05, 4.69) is 57.0 Å². The fourth-order valence-corrected chi connectivity index (χ4v) is 4.24. The summed E-state index contributed by atoms with van der Waals surface area (Å²) in [5.74, 6) is -0.143. The molecule has 4 N–H and O–H groups in total. The van der Waals surface area contributed by atoms with Gasteiger partial charge in [-0.3, -0.25) is 9.59 Å². The van der Waals surface area contributed by atoms with Crippen LogP contribution in [0, 0.1) is 6.92 Å².